The van der Waals surface area contributed by atoms with E-state index >= 15 is 0 Å². The number of hydrogen-bond acceptors (Lipinski definition) is 4. The largest absolute Gasteiger partial charge is 0.492 e. The Hall–Kier alpha value is -0.740. The number of ether oxygens (including phenoxy) is 1. The van der Waals surface area contributed by atoms with E-state index in [1.165, 1.54) is 0 Å². The summed E-state index contributed by atoms with van der Waals surface area (Å²) in [6.45, 7) is 9.17. The van der Waals surface area contributed by atoms with Gasteiger partial charge >= 0.3 is 0 Å². The molecule has 0 radical (unpaired) electrons. The molecule has 3 nitrogen and oxygen atoms in total. The van der Waals surface area contributed by atoms with Crippen LogP contribution in [0, 0.1) is 0 Å². The van der Waals surface area contributed by atoms with Gasteiger partial charge in [0.25, 0.3) is 0 Å². The first kappa shape index (κ1) is 15.3. The second-order valence-corrected chi connectivity index (χ2v) is 7.09. The third-order valence-corrected chi connectivity index (χ3v) is 3.61. The van der Waals surface area contributed by atoms with E-state index in [4.69, 9.17) is 4.74 Å². The van der Waals surface area contributed by atoms with Crippen molar-refractivity contribution < 1.29 is 9.84 Å². The summed E-state index contributed by atoms with van der Waals surface area (Å²) in [6.07, 6.45) is 3.86. The highest BCUT2D eigenvalue weighted by atomic mass is 32.2. The van der Waals surface area contributed by atoms with Gasteiger partial charge < -0.3 is 9.84 Å². The van der Waals surface area contributed by atoms with Crippen LogP contribution < -0.4 is 4.74 Å². The number of aliphatic hydroxyl groups is 1. The molecule has 0 fully saturated rings. The normalized spacial score (nSPS) is 13.4. The van der Waals surface area contributed by atoms with Crippen molar-refractivity contribution in [2.75, 3.05) is 12.4 Å². The summed E-state index contributed by atoms with van der Waals surface area (Å²) in [5.74, 6) is 1.40. The Balaban J connectivity index is 2.59. The van der Waals surface area contributed by atoms with Crippen LogP contribution in [-0.2, 0) is 0 Å². The molecule has 0 saturated carbocycles. The fraction of sp³-hybridized carbons (Fsp3) is 0.643. The molecule has 1 rings (SSSR count). The summed E-state index contributed by atoms with van der Waals surface area (Å²) in [4.78, 5) is 4.11. The molecule has 1 aromatic rings. The van der Waals surface area contributed by atoms with Crippen LogP contribution in [0.2, 0.25) is 0 Å². The van der Waals surface area contributed by atoms with Gasteiger partial charge in [-0.3, -0.25) is 4.98 Å². The van der Waals surface area contributed by atoms with Crippen molar-refractivity contribution in [3.05, 3.63) is 24.0 Å². The van der Waals surface area contributed by atoms with E-state index in [0.717, 1.165) is 17.7 Å². The maximum Gasteiger partial charge on any atom is 0.137 e. The molecule has 18 heavy (non-hydrogen) atoms. The Morgan fingerprint density at radius 2 is 2.11 bits per heavy atom. The van der Waals surface area contributed by atoms with Gasteiger partial charge in [-0.15, -0.1) is 0 Å². The van der Waals surface area contributed by atoms with Crippen molar-refractivity contribution in [1.29, 1.82) is 0 Å². The molecule has 0 bridgehead atoms. The highest BCUT2D eigenvalue weighted by Gasteiger charge is 2.15. The third-order valence-electron chi connectivity index (χ3n) is 2.27. The van der Waals surface area contributed by atoms with Gasteiger partial charge in [0.1, 0.15) is 5.75 Å². The van der Waals surface area contributed by atoms with E-state index in [0.29, 0.717) is 12.4 Å². The molecule has 1 N–H and O–H groups in total. The molecule has 4 heteroatoms. The highest BCUT2D eigenvalue weighted by Crippen LogP contribution is 2.29. The van der Waals surface area contributed by atoms with Crippen LogP contribution in [0.3, 0.4) is 0 Å². The van der Waals surface area contributed by atoms with Crippen molar-refractivity contribution in [3.8, 4) is 5.75 Å². The summed E-state index contributed by atoms with van der Waals surface area (Å²) >= 11 is 1.74. The van der Waals surface area contributed by atoms with Crippen LogP contribution in [0.5, 0.6) is 5.75 Å². The highest BCUT2D eigenvalue weighted by molar-refractivity contribution is 8.00. The van der Waals surface area contributed by atoms with Gasteiger partial charge in [0.2, 0.25) is 0 Å². The monoisotopic (exact) mass is 269 g/mol. The lowest BCUT2D eigenvalue weighted by atomic mass is 10.2. The Morgan fingerprint density at radius 3 is 2.72 bits per heavy atom. The van der Waals surface area contributed by atoms with Gasteiger partial charge in [0.15, 0.2) is 0 Å². The Morgan fingerprint density at radius 1 is 1.39 bits per heavy atom. The third kappa shape index (κ3) is 5.74. The van der Waals surface area contributed by atoms with Crippen LogP contribution in [0.25, 0.3) is 0 Å². The SMILES string of the molecule is CCCOc1cncc(C(O)CSC(C)(C)C)c1. The lowest BCUT2D eigenvalue weighted by Crippen LogP contribution is -2.12. The minimum Gasteiger partial charge on any atom is -0.492 e. The molecule has 102 valence electrons. The predicted octanol–water partition coefficient (Wildman–Crippen LogP) is 3.44. The quantitative estimate of drug-likeness (QED) is 0.859. The number of aliphatic hydroxyl groups excluding tert-OH is 1. The van der Waals surface area contributed by atoms with Gasteiger partial charge in [-0.2, -0.15) is 11.8 Å². The zero-order valence-corrected chi connectivity index (χ0v) is 12.5. The number of nitrogens with zero attached hydrogens (tertiary/aromatic N) is 1. The average molecular weight is 269 g/mol. The minimum absolute atomic E-state index is 0.157. The summed E-state index contributed by atoms with van der Waals surface area (Å²) in [5.41, 5.74) is 0.820. The minimum atomic E-state index is -0.494. The van der Waals surface area contributed by atoms with Gasteiger partial charge in [-0.1, -0.05) is 27.7 Å². The number of pyridine rings is 1. The second kappa shape index (κ2) is 7.00. The zero-order valence-electron chi connectivity index (χ0n) is 11.6. The first-order valence-electron chi connectivity index (χ1n) is 6.32. The molecule has 0 aromatic carbocycles. The molecule has 0 aliphatic heterocycles. The molecular formula is C14H23NO2S. The number of rotatable bonds is 6. The molecule has 1 unspecified atom stereocenters. The second-order valence-electron chi connectivity index (χ2n) is 5.24. The number of aromatic nitrogens is 1. The van der Waals surface area contributed by atoms with Gasteiger partial charge in [0, 0.05) is 22.3 Å². The molecule has 0 spiro atoms. The number of thioether (sulfide) groups is 1. The summed E-state index contributed by atoms with van der Waals surface area (Å²) in [5, 5.41) is 10.1. The van der Waals surface area contributed by atoms with Crippen LogP contribution in [0.15, 0.2) is 18.5 Å². The molecule has 1 aromatic heterocycles. The average Bonchev–Trinajstić information content (AvgIpc) is 2.33. The van der Waals surface area contributed by atoms with Crippen molar-refractivity contribution in [1.82, 2.24) is 4.98 Å². The Bertz CT molecular complexity index is 363. The van der Waals surface area contributed by atoms with Gasteiger partial charge in [-0.05, 0) is 12.5 Å². The van der Waals surface area contributed by atoms with Crippen LogP contribution in [0.1, 0.15) is 45.8 Å². The maximum atomic E-state index is 10.1. The predicted molar refractivity (Wildman–Crippen MR) is 77.2 cm³/mol. The number of hydrogen-bond donors (Lipinski definition) is 1. The van der Waals surface area contributed by atoms with E-state index in [1.54, 1.807) is 24.2 Å². The fourth-order valence-electron chi connectivity index (χ4n) is 1.34. The first-order chi connectivity index (χ1) is 8.42. The lowest BCUT2D eigenvalue weighted by Gasteiger charge is -2.20. The summed E-state index contributed by atoms with van der Waals surface area (Å²) in [7, 11) is 0. The summed E-state index contributed by atoms with van der Waals surface area (Å²) in [6, 6.07) is 1.87. The fourth-order valence-corrected chi connectivity index (χ4v) is 2.19. The molecule has 1 heterocycles. The first-order valence-corrected chi connectivity index (χ1v) is 7.30. The Kier molecular flexibility index (Phi) is 5.96. The summed E-state index contributed by atoms with van der Waals surface area (Å²) < 4.78 is 5.67. The maximum absolute atomic E-state index is 10.1. The molecule has 0 saturated heterocycles. The standard InChI is InChI=1S/C14H23NO2S/c1-5-6-17-12-7-11(8-15-9-12)13(16)10-18-14(2,3)4/h7-9,13,16H,5-6,10H2,1-4H3. The van der Waals surface area contributed by atoms with Gasteiger partial charge in [-0.25, -0.2) is 0 Å². The van der Waals surface area contributed by atoms with E-state index in [1.807, 2.05) is 6.07 Å². The molecule has 0 amide bonds. The van der Waals surface area contributed by atoms with Crippen molar-refractivity contribution in [3.63, 3.8) is 0 Å². The molecular weight excluding hydrogens is 246 g/mol. The smallest absolute Gasteiger partial charge is 0.137 e. The van der Waals surface area contributed by atoms with Crippen LogP contribution in [-0.4, -0.2) is 27.2 Å². The van der Waals surface area contributed by atoms with E-state index in [9.17, 15) is 5.11 Å². The van der Waals surface area contributed by atoms with Crippen molar-refractivity contribution >= 4 is 11.8 Å². The van der Waals surface area contributed by atoms with Gasteiger partial charge in [0.05, 0.1) is 18.9 Å². The van der Waals surface area contributed by atoms with E-state index < -0.39 is 6.10 Å². The molecule has 1 atom stereocenters. The van der Waals surface area contributed by atoms with E-state index in [-0.39, 0.29) is 4.75 Å². The molecule has 0 aliphatic carbocycles. The van der Waals surface area contributed by atoms with E-state index in [2.05, 4.69) is 32.7 Å². The lowest BCUT2D eigenvalue weighted by molar-refractivity contribution is 0.202. The molecule has 0 aliphatic rings. The van der Waals surface area contributed by atoms with Crippen LogP contribution >= 0.6 is 11.8 Å². The van der Waals surface area contributed by atoms with Crippen molar-refractivity contribution in [2.24, 2.45) is 0 Å². The zero-order chi connectivity index (χ0) is 13.6. The van der Waals surface area contributed by atoms with Crippen LogP contribution in [0.4, 0.5) is 0 Å². The topological polar surface area (TPSA) is 42.4 Å². The Labute approximate surface area is 114 Å². The van der Waals surface area contributed by atoms with Crippen molar-refractivity contribution in [2.45, 2.75) is 45.0 Å².